The van der Waals surface area contributed by atoms with Gasteiger partial charge >= 0.3 is 0 Å². The number of nitrogens with zero attached hydrogens (tertiary/aromatic N) is 1. The zero-order valence-electron chi connectivity index (χ0n) is 15.0. The number of rotatable bonds is 1. The molecule has 1 aliphatic carbocycles. The number of hydrogen-bond donors (Lipinski definition) is 1. The van der Waals surface area contributed by atoms with Gasteiger partial charge in [0.2, 0.25) is 0 Å². The van der Waals surface area contributed by atoms with Gasteiger partial charge in [-0.25, -0.2) is 0 Å². The highest BCUT2D eigenvalue weighted by Crippen LogP contribution is 2.53. The molecule has 0 spiro atoms. The second kappa shape index (κ2) is 5.76. The molecule has 5 heteroatoms. The number of ketones is 1. The Balaban J connectivity index is 1.86. The number of likely N-dealkylation sites (N-methyl/N-ethyl adjacent to an activating group) is 1. The zero-order chi connectivity index (χ0) is 18.0. The average Bonchev–Trinajstić information content (AvgIpc) is 2.64. The van der Waals surface area contributed by atoms with E-state index in [4.69, 9.17) is 4.74 Å². The predicted octanol–water partition coefficient (Wildman–Crippen LogP) is 3.83. The Labute approximate surface area is 157 Å². The summed E-state index contributed by atoms with van der Waals surface area (Å²) in [6.07, 6.45) is 2.37. The van der Waals surface area contributed by atoms with E-state index in [-0.39, 0.29) is 17.6 Å². The van der Waals surface area contributed by atoms with Crippen molar-refractivity contribution in [3.63, 3.8) is 0 Å². The van der Waals surface area contributed by atoms with Crippen molar-refractivity contribution in [3.05, 3.63) is 40.5 Å². The van der Waals surface area contributed by atoms with Crippen LogP contribution in [0, 0.1) is 0 Å². The molecule has 0 unspecified atom stereocenters. The summed E-state index contributed by atoms with van der Waals surface area (Å²) in [5, 5.41) is 10.9. The summed E-state index contributed by atoms with van der Waals surface area (Å²) < 4.78 is 5.35. The lowest BCUT2D eigenvalue weighted by molar-refractivity contribution is 0.0982. The number of carbonyl (C=O) groups is 1. The Kier molecular flexibility index (Phi) is 3.59. The van der Waals surface area contributed by atoms with Crippen LogP contribution < -0.4 is 4.74 Å². The zero-order valence-corrected chi connectivity index (χ0v) is 15.8. The maximum atomic E-state index is 12.7. The molecule has 2 aliphatic heterocycles. The standard InChI is InChI=1S/C21H21NO3S/c1-22-7-5-12-19-13(10-17-20(12)15(23)6-8-26-17)18-11(9-14(19)22)3-4-16(25-2)21(18)24/h3-4,10,14,24H,5-9H2,1-2H3/t14-/m1/s1. The van der Waals surface area contributed by atoms with E-state index < -0.39 is 0 Å². The third-order valence-electron chi connectivity index (χ3n) is 6.01. The molecular formula is C21H21NO3S. The third-order valence-corrected chi connectivity index (χ3v) is 7.06. The molecule has 0 bridgehead atoms. The number of thioether (sulfide) groups is 1. The van der Waals surface area contributed by atoms with Crippen LogP contribution in [0.3, 0.4) is 0 Å². The van der Waals surface area contributed by atoms with Crippen LogP contribution in [-0.4, -0.2) is 42.2 Å². The predicted molar refractivity (Wildman–Crippen MR) is 103 cm³/mol. The molecular weight excluding hydrogens is 346 g/mol. The molecule has 3 aliphatic rings. The van der Waals surface area contributed by atoms with E-state index >= 15 is 0 Å². The minimum absolute atomic E-state index is 0.214. The van der Waals surface area contributed by atoms with Crippen LogP contribution in [0.1, 0.15) is 39.5 Å². The molecule has 1 N–H and O–H groups in total. The van der Waals surface area contributed by atoms with E-state index in [2.05, 4.69) is 24.1 Å². The van der Waals surface area contributed by atoms with E-state index in [9.17, 15) is 9.90 Å². The number of aromatic hydroxyl groups is 1. The van der Waals surface area contributed by atoms with Gasteiger partial charge in [-0.2, -0.15) is 0 Å². The summed E-state index contributed by atoms with van der Waals surface area (Å²) in [5.74, 6) is 1.83. The van der Waals surface area contributed by atoms with Gasteiger partial charge in [0.25, 0.3) is 0 Å². The number of methoxy groups -OCH3 is 1. The van der Waals surface area contributed by atoms with Crippen molar-refractivity contribution >= 4 is 17.5 Å². The normalized spacial score (nSPS) is 21.0. The van der Waals surface area contributed by atoms with Gasteiger partial charge in [-0.05, 0) is 54.3 Å². The van der Waals surface area contributed by atoms with E-state index in [0.717, 1.165) is 52.3 Å². The van der Waals surface area contributed by atoms with Crippen LogP contribution >= 0.6 is 11.8 Å². The van der Waals surface area contributed by atoms with Crippen molar-refractivity contribution in [1.82, 2.24) is 4.90 Å². The molecule has 0 saturated heterocycles. The van der Waals surface area contributed by atoms with E-state index in [1.54, 1.807) is 18.9 Å². The summed E-state index contributed by atoms with van der Waals surface area (Å²) in [4.78, 5) is 16.1. The van der Waals surface area contributed by atoms with E-state index in [0.29, 0.717) is 12.2 Å². The first kappa shape index (κ1) is 16.2. The molecule has 2 heterocycles. The fourth-order valence-electron chi connectivity index (χ4n) is 4.75. The molecule has 26 heavy (non-hydrogen) atoms. The van der Waals surface area contributed by atoms with Crippen LogP contribution in [-0.2, 0) is 12.8 Å². The quantitative estimate of drug-likeness (QED) is 0.830. The molecule has 2 aromatic rings. The van der Waals surface area contributed by atoms with Crippen molar-refractivity contribution in [3.8, 4) is 22.6 Å². The smallest absolute Gasteiger partial charge is 0.165 e. The Morgan fingerprint density at radius 3 is 2.92 bits per heavy atom. The first-order chi connectivity index (χ1) is 12.6. The number of phenols is 1. The SMILES string of the molecule is COc1ccc2c(c1O)-c1cc3c(c4c1[C@@H](C2)N(C)CC4)C(=O)CCS3. The summed E-state index contributed by atoms with van der Waals surface area (Å²) in [7, 11) is 3.74. The topological polar surface area (TPSA) is 49.8 Å². The van der Waals surface area contributed by atoms with Gasteiger partial charge < -0.3 is 9.84 Å². The average molecular weight is 367 g/mol. The molecule has 0 amide bonds. The molecule has 134 valence electrons. The largest absolute Gasteiger partial charge is 0.504 e. The van der Waals surface area contributed by atoms with Gasteiger partial charge in [0.15, 0.2) is 17.3 Å². The van der Waals surface area contributed by atoms with E-state index in [1.165, 1.54) is 11.1 Å². The molecule has 0 aromatic heterocycles. The Bertz CT molecular complexity index is 953. The van der Waals surface area contributed by atoms with Gasteiger partial charge in [-0.3, -0.25) is 9.69 Å². The van der Waals surface area contributed by atoms with Crippen molar-refractivity contribution < 1.29 is 14.6 Å². The first-order valence-electron chi connectivity index (χ1n) is 9.05. The van der Waals surface area contributed by atoms with Crippen LogP contribution in [0.4, 0.5) is 0 Å². The number of fused-ring (bicyclic) bond motifs is 4. The monoisotopic (exact) mass is 367 g/mol. The molecule has 0 fully saturated rings. The summed E-state index contributed by atoms with van der Waals surface area (Å²) in [6.45, 7) is 0.961. The first-order valence-corrected chi connectivity index (χ1v) is 10.0. The van der Waals surface area contributed by atoms with E-state index in [1.807, 2.05) is 6.07 Å². The maximum Gasteiger partial charge on any atom is 0.165 e. The molecule has 2 aromatic carbocycles. The number of benzene rings is 2. The number of ether oxygens (including phenoxy) is 1. The lowest BCUT2D eigenvalue weighted by Crippen LogP contribution is -2.37. The summed E-state index contributed by atoms with van der Waals surface area (Å²) >= 11 is 1.76. The lowest BCUT2D eigenvalue weighted by atomic mass is 9.75. The molecule has 1 atom stereocenters. The number of hydrogen-bond acceptors (Lipinski definition) is 5. The number of phenolic OH excluding ortho intramolecular Hbond substituents is 1. The van der Waals surface area contributed by atoms with Gasteiger partial charge in [0.05, 0.1) is 7.11 Å². The highest BCUT2D eigenvalue weighted by molar-refractivity contribution is 7.99. The highest BCUT2D eigenvalue weighted by Gasteiger charge is 2.38. The third kappa shape index (κ3) is 2.10. The van der Waals surface area contributed by atoms with Gasteiger partial charge in [-0.1, -0.05) is 6.07 Å². The van der Waals surface area contributed by atoms with Gasteiger partial charge in [0, 0.05) is 40.8 Å². The van der Waals surface area contributed by atoms with Gasteiger partial charge in [0.1, 0.15) is 0 Å². The number of carbonyl (C=O) groups excluding carboxylic acids is 1. The summed E-state index contributed by atoms with van der Waals surface area (Å²) in [6, 6.07) is 6.31. The van der Waals surface area contributed by atoms with Crippen LogP contribution in [0.2, 0.25) is 0 Å². The minimum atomic E-state index is 0.214. The Hall–Kier alpha value is -1.98. The molecule has 4 nitrogen and oxygen atoms in total. The molecule has 0 saturated carbocycles. The second-order valence-corrected chi connectivity index (χ2v) is 8.45. The van der Waals surface area contributed by atoms with Crippen LogP contribution in [0.15, 0.2) is 23.1 Å². The maximum absolute atomic E-state index is 12.7. The van der Waals surface area contributed by atoms with Crippen molar-refractivity contribution in [2.45, 2.75) is 30.2 Å². The molecule has 0 radical (unpaired) electrons. The van der Waals surface area contributed by atoms with Crippen molar-refractivity contribution in [1.29, 1.82) is 0 Å². The fourth-order valence-corrected chi connectivity index (χ4v) is 5.84. The Morgan fingerprint density at radius 1 is 1.27 bits per heavy atom. The van der Waals surface area contributed by atoms with Crippen LogP contribution in [0.25, 0.3) is 11.1 Å². The fraction of sp³-hybridized carbons (Fsp3) is 0.381. The lowest BCUT2D eigenvalue weighted by Gasteiger charge is -2.41. The molecule has 5 rings (SSSR count). The number of Topliss-reactive ketones (excluding diaryl/α,β-unsaturated/α-hetero) is 1. The highest BCUT2D eigenvalue weighted by atomic mass is 32.2. The summed E-state index contributed by atoms with van der Waals surface area (Å²) in [5.41, 5.74) is 6.51. The Morgan fingerprint density at radius 2 is 2.12 bits per heavy atom. The van der Waals surface area contributed by atoms with Gasteiger partial charge in [-0.15, -0.1) is 11.8 Å². The van der Waals surface area contributed by atoms with Crippen molar-refractivity contribution in [2.75, 3.05) is 26.5 Å². The van der Waals surface area contributed by atoms with Crippen LogP contribution in [0.5, 0.6) is 11.5 Å². The second-order valence-electron chi connectivity index (χ2n) is 7.31. The minimum Gasteiger partial charge on any atom is -0.504 e. The van der Waals surface area contributed by atoms with Crippen molar-refractivity contribution in [2.24, 2.45) is 0 Å².